The van der Waals surface area contributed by atoms with Gasteiger partial charge in [0.1, 0.15) is 0 Å². The number of hydrogen-bond donors (Lipinski definition) is 0. The van der Waals surface area contributed by atoms with Gasteiger partial charge >= 0.3 is 5.97 Å². The molecule has 102 valence electrons. The average molecular weight is 268 g/mol. The van der Waals surface area contributed by atoms with Gasteiger partial charge < -0.3 is 9.16 Å². The molecule has 0 aromatic carbocycles. The van der Waals surface area contributed by atoms with Crippen molar-refractivity contribution >= 4 is 14.3 Å². The van der Waals surface area contributed by atoms with Gasteiger partial charge in [0.2, 0.25) is 0 Å². The fraction of sp³-hybridized carbons (Fsp3) is 0.643. The van der Waals surface area contributed by atoms with Crippen molar-refractivity contribution in [2.24, 2.45) is 0 Å². The van der Waals surface area contributed by atoms with Crippen LogP contribution in [0.2, 0.25) is 18.1 Å². The van der Waals surface area contributed by atoms with Crippen LogP contribution in [0.4, 0.5) is 0 Å². The molecule has 0 bridgehead atoms. The van der Waals surface area contributed by atoms with Crippen LogP contribution in [0.15, 0.2) is 23.8 Å². The highest BCUT2D eigenvalue weighted by atomic mass is 28.4. The first kappa shape index (κ1) is 15.2. The Morgan fingerprint density at radius 2 is 2.00 bits per heavy atom. The highest BCUT2D eigenvalue weighted by Crippen LogP contribution is 2.38. The first-order chi connectivity index (χ1) is 8.17. The minimum Gasteiger partial charge on any atom is -0.466 e. The van der Waals surface area contributed by atoms with E-state index in [1.807, 2.05) is 12.2 Å². The van der Waals surface area contributed by atoms with Gasteiger partial charge in [-0.2, -0.15) is 0 Å². The number of methoxy groups -OCH3 is 1. The summed E-state index contributed by atoms with van der Waals surface area (Å²) in [4.78, 5) is 11.5. The van der Waals surface area contributed by atoms with Crippen LogP contribution in [-0.2, 0) is 14.0 Å². The maximum atomic E-state index is 11.5. The van der Waals surface area contributed by atoms with E-state index in [1.165, 1.54) is 7.11 Å². The van der Waals surface area contributed by atoms with Crippen LogP contribution >= 0.6 is 0 Å². The van der Waals surface area contributed by atoms with Crippen LogP contribution in [-0.4, -0.2) is 27.5 Å². The van der Waals surface area contributed by atoms with Crippen LogP contribution in [0.5, 0.6) is 0 Å². The summed E-state index contributed by atoms with van der Waals surface area (Å²) >= 11 is 0. The second-order valence-electron chi connectivity index (χ2n) is 6.19. The number of ether oxygens (including phenoxy) is 1. The Kier molecular flexibility index (Phi) is 4.56. The van der Waals surface area contributed by atoms with Crippen LogP contribution in [0.3, 0.4) is 0 Å². The fourth-order valence-corrected chi connectivity index (χ4v) is 2.84. The SMILES string of the molecule is COC(=O)C1=CC=C[C@@H](O[Si](C)(C)C(C)(C)C)C1. The van der Waals surface area contributed by atoms with Gasteiger partial charge in [-0.15, -0.1) is 0 Å². The summed E-state index contributed by atoms with van der Waals surface area (Å²) in [5, 5.41) is 0.174. The summed E-state index contributed by atoms with van der Waals surface area (Å²) in [5.74, 6) is -0.261. The van der Waals surface area contributed by atoms with Crippen molar-refractivity contribution in [1.29, 1.82) is 0 Å². The smallest absolute Gasteiger partial charge is 0.333 e. The minimum atomic E-state index is -1.80. The third kappa shape index (κ3) is 3.56. The topological polar surface area (TPSA) is 35.5 Å². The molecule has 1 aliphatic rings. The molecule has 1 atom stereocenters. The van der Waals surface area contributed by atoms with Gasteiger partial charge in [-0.25, -0.2) is 4.79 Å². The Morgan fingerprint density at radius 3 is 2.50 bits per heavy atom. The van der Waals surface area contributed by atoms with Gasteiger partial charge in [0.15, 0.2) is 8.32 Å². The Hall–Kier alpha value is -0.873. The van der Waals surface area contributed by atoms with Gasteiger partial charge in [-0.3, -0.25) is 0 Å². The summed E-state index contributed by atoms with van der Waals surface area (Å²) in [6.45, 7) is 11.1. The van der Waals surface area contributed by atoms with E-state index in [9.17, 15) is 4.79 Å². The number of esters is 1. The normalized spacial score (nSPS) is 20.6. The zero-order chi connectivity index (χ0) is 14.0. The minimum absolute atomic E-state index is 0.00927. The molecule has 0 aromatic heterocycles. The van der Waals surface area contributed by atoms with Gasteiger partial charge in [0.05, 0.1) is 13.2 Å². The van der Waals surface area contributed by atoms with Gasteiger partial charge in [0.25, 0.3) is 0 Å². The van der Waals surface area contributed by atoms with Crippen molar-refractivity contribution in [2.45, 2.75) is 51.4 Å². The first-order valence-corrected chi connectivity index (χ1v) is 9.22. The second-order valence-corrected chi connectivity index (χ2v) is 10.9. The van der Waals surface area contributed by atoms with Crippen LogP contribution in [0.1, 0.15) is 27.2 Å². The molecule has 0 saturated carbocycles. The maximum absolute atomic E-state index is 11.5. The van der Waals surface area contributed by atoms with Gasteiger partial charge in [-0.1, -0.05) is 39.0 Å². The molecule has 0 unspecified atom stereocenters. The van der Waals surface area contributed by atoms with Crippen molar-refractivity contribution in [3.05, 3.63) is 23.8 Å². The molecule has 0 heterocycles. The third-order valence-corrected chi connectivity index (χ3v) is 8.25. The van der Waals surface area contributed by atoms with Crippen LogP contribution < -0.4 is 0 Å². The molecule has 0 aliphatic heterocycles. The monoisotopic (exact) mass is 268 g/mol. The lowest BCUT2D eigenvalue weighted by molar-refractivity contribution is -0.136. The lowest BCUT2D eigenvalue weighted by Crippen LogP contribution is -2.44. The molecule has 3 nitrogen and oxygen atoms in total. The molecule has 1 rings (SSSR count). The number of rotatable bonds is 3. The lowest BCUT2D eigenvalue weighted by Gasteiger charge is -2.39. The molecule has 4 heteroatoms. The van der Waals surface area contributed by atoms with Crippen molar-refractivity contribution in [3.63, 3.8) is 0 Å². The Bertz CT molecular complexity index is 375. The third-order valence-electron chi connectivity index (χ3n) is 3.74. The van der Waals surface area contributed by atoms with Crippen molar-refractivity contribution < 1.29 is 14.0 Å². The summed E-state index contributed by atoms with van der Waals surface area (Å²) in [6, 6.07) is 0. The lowest BCUT2D eigenvalue weighted by atomic mass is 10.0. The molecular formula is C14H24O3Si. The van der Waals surface area contributed by atoms with E-state index >= 15 is 0 Å². The van der Waals surface area contributed by atoms with Crippen LogP contribution in [0, 0.1) is 0 Å². The number of carbonyl (C=O) groups excluding carboxylic acids is 1. The number of allylic oxidation sites excluding steroid dienone is 2. The molecule has 0 aromatic rings. The summed E-state index contributed by atoms with van der Waals surface area (Å²) in [5.41, 5.74) is 0.684. The standard InChI is InChI=1S/C14H24O3Si/c1-14(2,3)18(5,6)17-12-9-7-8-11(10-12)13(15)16-4/h7-9,12H,10H2,1-6H3/t12-/m1/s1. The highest BCUT2D eigenvalue weighted by molar-refractivity contribution is 6.74. The van der Waals surface area contributed by atoms with Crippen molar-refractivity contribution in [1.82, 2.24) is 0 Å². The Balaban J connectivity index is 2.71. The molecule has 18 heavy (non-hydrogen) atoms. The molecule has 0 amide bonds. The zero-order valence-electron chi connectivity index (χ0n) is 12.2. The maximum Gasteiger partial charge on any atom is 0.333 e. The van der Waals surface area contributed by atoms with Crippen molar-refractivity contribution in [3.8, 4) is 0 Å². The number of hydrogen-bond acceptors (Lipinski definition) is 3. The molecule has 0 radical (unpaired) electrons. The quantitative estimate of drug-likeness (QED) is 0.581. The molecule has 0 fully saturated rings. The molecule has 0 spiro atoms. The predicted octanol–water partition coefficient (Wildman–Crippen LogP) is 3.44. The summed E-state index contributed by atoms with van der Waals surface area (Å²) in [7, 11) is -0.390. The van der Waals surface area contributed by atoms with Crippen molar-refractivity contribution in [2.75, 3.05) is 7.11 Å². The number of carbonyl (C=O) groups is 1. The summed E-state index contributed by atoms with van der Waals surface area (Å²) < 4.78 is 11.0. The van der Waals surface area contributed by atoms with E-state index < -0.39 is 8.32 Å². The molecule has 0 N–H and O–H groups in total. The van der Waals surface area contributed by atoms with Gasteiger partial charge in [0, 0.05) is 12.0 Å². The van der Waals surface area contributed by atoms with E-state index in [-0.39, 0.29) is 17.1 Å². The molecular weight excluding hydrogens is 244 g/mol. The molecule has 0 saturated heterocycles. The first-order valence-electron chi connectivity index (χ1n) is 6.31. The highest BCUT2D eigenvalue weighted by Gasteiger charge is 2.39. The second kappa shape index (κ2) is 5.41. The van der Waals surface area contributed by atoms with E-state index in [4.69, 9.17) is 9.16 Å². The Labute approximate surface area is 111 Å². The predicted molar refractivity (Wildman–Crippen MR) is 75.9 cm³/mol. The van der Waals surface area contributed by atoms with Crippen LogP contribution in [0.25, 0.3) is 0 Å². The molecule has 1 aliphatic carbocycles. The Morgan fingerprint density at radius 1 is 1.39 bits per heavy atom. The van der Waals surface area contributed by atoms with E-state index in [1.54, 1.807) is 6.08 Å². The zero-order valence-corrected chi connectivity index (χ0v) is 13.2. The van der Waals surface area contributed by atoms with E-state index in [0.29, 0.717) is 12.0 Å². The largest absolute Gasteiger partial charge is 0.466 e. The van der Waals surface area contributed by atoms with E-state index in [0.717, 1.165) is 0 Å². The fourth-order valence-electron chi connectivity index (χ4n) is 1.57. The van der Waals surface area contributed by atoms with Gasteiger partial charge in [-0.05, 0) is 18.1 Å². The van der Waals surface area contributed by atoms with E-state index in [2.05, 4.69) is 33.9 Å². The average Bonchev–Trinajstić information content (AvgIpc) is 2.26. The summed E-state index contributed by atoms with van der Waals surface area (Å²) in [6.07, 6.45) is 6.30.